The van der Waals surface area contributed by atoms with Gasteiger partial charge in [-0.15, -0.1) is 11.3 Å². The van der Waals surface area contributed by atoms with Gasteiger partial charge in [0, 0.05) is 29.1 Å². The maximum absolute atomic E-state index is 12.1. The van der Waals surface area contributed by atoms with Crippen molar-refractivity contribution in [1.82, 2.24) is 15.5 Å². The van der Waals surface area contributed by atoms with Gasteiger partial charge in [0.15, 0.2) is 5.78 Å². The fourth-order valence-electron chi connectivity index (χ4n) is 3.16. The largest absolute Gasteiger partial charge is 0.486 e. The fraction of sp³-hybridized carbons (Fsp3) is 0.182. The minimum atomic E-state index is -0.234. The van der Waals surface area contributed by atoms with E-state index in [1.54, 1.807) is 31.3 Å². The number of carbonyl (C=O) groups is 2. The Labute approximate surface area is 182 Å². The average molecular weight is 440 g/mol. The van der Waals surface area contributed by atoms with Crippen molar-refractivity contribution in [2.24, 2.45) is 0 Å². The second-order valence-corrected chi connectivity index (χ2v) is 8.33. The standard InChI is InChI=1S/C22H18ClN3O3S/c1-13(27)19-5-6-20(30-19)14-9-15-10-17(29-22(15)18(23)11-14)12-24-21(28)7-4-16-3-2-8-25-26-16/h2-9,11,17H,10,12H2,1H3,(H,24,28)/b7-4+/t17-/m1/s1. The quantitative estimate of drug-likeness (QED) is 0.460. The molecule has 152 valence electrons. The first-order chi connectivity index (χ1) is 14.5. The van der Waals surface area contributed by atoms with Crippen molar-refractivity contribution in [1.29, 1.82) is 0 Å². The molecule has 1 aromatic carbocycles. The lowest BCUT2D eigenvalue weighted by molar-refractivity contribution is -0.116. The highest BCUT2D eigenvalue weighted by atomic mass is 35.5. The summed E-state index contributed by atoms with van der Waals surface area (Å²) in [5.41, 5.74) is 2.55. The van der Waals surface area contributed by atoms with Gasteiger partial charge in [-0.05, 0) is 55.0 Å². The van der Waals surface area contributed by atoms with Crippen LogP contribution in [-0.2, 0) is 11.2 Å². The fourth-order valence-corrected chi connectivity index (χ4v) is 4.33. The van der Waals surface area contributed by atoms with Crippen molar-refractivity contribution in [3.63, 3.8) is 0 Å². The van der Waals surface area contributed by atoms with Gasteiger partial charge < -0.3 is 10.1 Å². The average Bonchev–Trinajstić information content (AvgIpc) is 3.39. The SMILES string of the molecule is CC(=O)c1ccc(-c2cc(Cl)c3c(c2)C[C@H](CNC(=O)/C=C/c2cccnn2)O3)s1. The van der Waals surface area contributed by atoms with Gasteiger partial charge in [0.05, 0.1) is 22.1 Å². The van der Waals surface area contributed by atoms with Gasteiger partial charge in [0.2, 0.25) is 5.91 Å². The molecule has 6 nitrogen and oxygen atoms in total. The van der Waals surface area contributed by atoms with Gasteiger partial charge in [-0.25, -0.2) is 0 Å². The molecule has 1 aliphatic heterocycles. The van der Waals surface area contributed by atoms with E-state index in [1.165, 1.54) is 17.4 Å². The van der Waals surface area contributed by atoms with Crippen LogP contribution in [0.2, 0.25) is 5.02 Å². The second-order valence-electron chi connectivity index (χ2n) is 6.84. The summed E-state index contributed by atoms with van der Waals surface area (Å²) in [6.07, 6.45) is 5.04. The maximum atomic E-state index is 12.1. The highest BCUT2D eigenvalue weighted by molar-refractivity contribution is 7.17. The summed E-state index contributed by atoms with van der Waals surface area (Å²) >= 11 is 7.88. The number of rotatable bonds is 6. The Balaban J connectivity index is 1.39. The normalized spacial score (nSPS) is 15.1. The van der Waals surface area contributed by atoms with Gasteiger partial charge in [0.25, 0.3) is 0 Å². The van der Waals surface area contributed by atoms with Crippen LogP contribution in [0.5, 0.6) is 5.75 Å². The Hall–Kier alpha value is -3.03. The summed E-state index contributed by atoms with van der Waals surface area (Å²) in [6.45, 7) is 1.91. The van der Waals surface area contributed by atoms with Crippen molar-refractivity contribution in [2.75, 3.05) is 6.54 Å². The smallest absolute Gasteiger partial charge is 0.244 e. The van der Waals surface area contributed by atoms with Crippen LogP contribution in [0.4, 0.5) is 0 Å². The summed E-state index contributed by atoms with van der Waals surface area (Å²) in [6, 6.07) is 11.2. The van der Waals surface area contributed by atoms with Gasteiger partial charge >= 0.3 is 0 Å². The lowest BCUT2D eigenvalue weighted by Gasteiger charge is -2.11. The first kappa shape index (κ1) is 20.3. The molecule has 3 aromatic rings. The van der Waals surface area contributed by atoms with E-state index in [9.17, 15) is 9.59 Å². The molecule has 3 heterocycles. The van der Waals surface area contributed by atoms with Crippen LogP contribution in [0.1, 0.15) is 27.9 Å². The van der Waals surface area contributed by atoms with Crippen molar-refractivity contribution in [2.45, 2.75) is 19.4 Å². The number of benzene rings is 1. The van der Waals surface area contributed by atoms with E-state index >= 15 is 0 Å². The Kier molecular flexibility index (Phi) is 5.92. The number of nitrogens with one attached hydrogen (secondary N) is 1. The number of hydrogen-bond donors (Lipinski definition) is 1. The number of carbonyl (C=O) groups excluding carboxylic acids is 2. The number of fused-ring (bicyclic) bond motifs is 1. The Morgan fingerprint density at radius 3 is 2.93 bits per heavy atom. The van der Waals surface area contributed by atoms with Gasteiger partial charge in [-0.2, -0.15) is 10.2 Å². The molecule has 1 amide bonds. The maximum Gasteiger partial charge on any atom is 0.244 e. The molecule has 0 unspecified atom stereocenters. The molecule has 0 bridgehead atoms. The molecule has 0 fully saturated rings. The van der Waals surface area contributed by atoms with Crippen LogP contribution in [-0.4, -0.2) is 34.5 Å². The van der Waals surface area contributed by atoms with Gasteiger partial charge in [-0.1, -0.05) is 11.6 Å². The van der Waals surface area contributed by atoms with Crippen molar-refractivity contribution < 1.29 is 14.3 Å². The first-order valence-electron chi connectivity index (χ1n) is 9.33. The molecule has 2 aromatic heterocycles. The topological polar surface area (TPSA) is 81.2 Å². The van der Waals surface area contributed by atoms with Gasteiger partial charge in [-0.3, -0.25) is 9.59 Å². The van der Waals surface area contributed by atoms with Crippen LogP contribution in [0.25, 0.3) is 16.5 Å². The molecule has 0 aliphatic carbocycles. The third-order valence-corrected chi connectivity index (χ3v) is 6.11. The molecule has 1 N–H and O–H groups in total. The van der Waals surface area contributed by atoms with E-state index in [0.29, 0.717) is 34.3 Å². The lowest BCUT2D eigenvalue weighted by atomic mass is 10.1. The number of halogens is 1. The molecule has 30 heavy (non-hydrogen) atoms. The number of nitrogens with zero attached hydrogens (tertiary/aromatic N) is 2. The molecule has 0 saturated heterocycles. The van der Waals surface area contributed by atoms with E-state index < -0.39 is 0 Å². The van der Waals surface area contributed by atoms with Crippen molar-refractivity contribution in [3.8, 4) is 16.2 Å². The first-order valence-corrected chi connectivity index (χ1v) is 10.5. The van der Waals surface area contributed by atoms with Crippen LogP contribution in [0, 0.1) is 0 Å². The Morgan fingerprint density at radius 2 is 2.20 bits per heavy atom. The van der Waals surface area contributed by atoms with E-state index in [4.69, 9.17) is 16.3 Å². The molecule has 1 aliphatic rings. The second kappa shape index (κ2) is 8.77. The molecular formula is C22H18ClN3O3S. The van der Waals surface area contributed by atoms with Crippen LogP contribution in [0.15, 0.2) is 48.7 Å². The third-order valence-electron chi connectivity index (χ3n) is 4.59. The number of Topliss-reactive ketones (excluding diaryl/α,β-unsaturated/α-hetero) is 1. The number of amides is 1. The summed E-state index contributed by atoms with van der Waals surface area (Å²) in [7, 11) is 0. The molecule has 8 heteroatoms. The zero-order chi connectivity index (χ0) is 21.1. The number of thiophene rings is 1. The van der Waals surface area contributed by atoms with Crippen molar-refractivity contribution >= 4 is 40.7 Å². The highest BCUT2D eigenvalue weighted by Crippen LogP contribution is 2.41. The number of ether oxygens (including phenoxy) is 1. The minimum Gasteiger partial charge on any atom is -0.486 e. The zero-order valence-electron chi connectivity index (χ0n) is 16.1. The van der Waals surface area contributed by atoms with E-state index in [1.807, 2.05) is 24.3 Å². The Morgan fingerprint density at radius 1 is 1.33 bits per heavy atom. The third kappa shape index (κ3) is 4.58. The molecule has 0 radical (unpaired) electrons. The number of aromatic nitrogens is 2. The predicted molar refractivity (Wildman–Crippen MR) is 117 cm³/mol. The van der Waals surface area contributed by atoms with E-state index in [0.717, 1.165) is 16.0 Å². The zero-order valence-corrected chi connectivity index (χ0v) is 17.7. The highest BCUT2D eigenvalue weighted by Gasteiger charge is 2.26. The monoisotopic (exact) mass is 439 g/mol. The van der Waals surface area contributed by atoms with E-state index in [-0.39, 0.29) is 17.8 Å². The molecule has 4 rings (SSSR count). The van der Waals surface area contributed by atoms with E-state index in [2.05, 4.69) is 15.5 Å². The molecular weight excluding hydrogens is 422 g/mol. The van der Waals surface area contributed by atoms with Crippen LogP contribution < -0.4 is 10.1 Å². The minimum absolute atomic E-state index is 0.0472. The Bertz CT molecular complexity index is 1130. The van der Waals surface area contributed by atoms with Gasteiger partial charge in [0.1, 0.15) is 11.9 Å². The van der Waals surface area contributed by atoms with Crippen molar-refractivity contribution in [3.05, 3.63) is 69.8 Å². The predicted octanol–water partition coefficient (Wildman–Crippen LogP) is 4.19. The summed E-state index contributed by atoms with van der Waals surface area (Å²) in [5.74, 6) is 0.464. The summed E-state index contributed by atoms with van der Waals surface area (Å²) in [5, 5.41) is 11.0. The lowest BCUT2D eigenvalue weighted by Crippen LogP contribution is -2.33. The molecule has 1 atom stereocenters. The van der Waals surface area contributed by atoms with Crippen LogP contribution >= 0.6 is 22.9 Å². The number of hydrogen-bond acceptors (Lipinski definition) is 6. The van der Waals surface area contributed by atoms with Crippen LogP contribution in [0.3, 0.4) is 0 Å². The summed E-state index contributed by atoms with van der Waals surface area (Å²) < 4.78 is 5.94. The molecule has 0 saturated carbocycles. The molecule has 0 spiro atoms. The number of ketones is 1. The summed E-state index contributed by atoms with van der Waals surface area (Å²) in [4.78, 5) is 25.3.